The molecule has 0 radical (unpaired) electrons. The van der Waals surface area contributed by atoms with Crippen LogP contribution in [0.1, 0.15) is 10.4 Å². The van der Waals surface area contributed by atoms with Crippen molar-refractivity contribution in [3.05, 3.63) is 47.0 Å². The third-order valence-electron chi connectivity index (χ3n) is 2.08. The van der Waals surface area contributed by atoms with Crippen LogP contribution in [-0.4, -0.2) is 21.0 Å². The Morgan fingerprint density at radius 1 is 1.33 bits per heavy atom. The number of carboxylic acid groups (broad SMARTS) is 1. The summed E-state index contributed by atoms with van der Waals surface area (Å²) < 4.78 is 12.6. The number of nitrogens with zero attached hydrogens (tertiary/aromatic N) is 2. The molecule has 2 N–H and O–H groups in total. The van der Waals surface area contributed by atoms with Crippen molar-refractivity contribution in [3.63, 3.8) is 0 Å². The Morgan fingerprint density at radius 2 is 2.00 bits per heavy atom. The molecule has 0 saturated carbocycles. The summed E-state index contributed by atoms with van der Waals surface area (Å²) in [6.07, 6.45) is 2.03. The summed E-state index contributed by atoms with van der Waals surface area (Å²) in [5.41, 5.74) is 0.513. The quantitative estimate of drug-likeness (QED) is 0.894. The maximum Gasteiger partial charge on any atom is 0.337 e. The van der Waals surface area contributed by atoms with Gasteiger partial charge in [-0.15, -0.1) is 0 Å². The molecule has 0 fully saturated rings. The van der Waals surface area contributed by atoms with Gasteiger partial charge >= 0.3 is 5.97 Å². The molecule has 0 aliphatic heterocycles. The molecule has 0 amide bonds. The van der Waals surface area contributed by atoms with Gasteiger partial charge in [0.2, 0.25) is 5.95 Å². The highest BCUT2D eigenvalue weighted by Gasteiger charge is 2.09. The maximum absolute atomic E-state index is 12.6. The van der Waals surface area contributed by atoms with Crippen molar-refractivity contribution in [2.75, 3.05) is 5.32 Å². The summed E-state index contributed by atoms with van der Waals surface area (Å²) in [4.78, 5) is 18.2. The largest absolute Gasteiger partial charge is 0.478 e. The van der Waals surface area contributed by atoms with Crippen LogP contribution in [0.4, 0.5) is 16.0 Å². The molecule has 0 spiro atoms. The molecule has 0 saturated heterocycles. The van der Waals surface area contributed by atoms with Crippen LogP contribution in [0.3, 0.4) is 0 Å². The average molecular weight is 268 g/mol. The molecule has 0 bridgehead atoms. The van der Waals surface area contributed by atoms with E-state index in [1.807, 2.05) is 0 Å². The van der Waals surface area contributed by atoms with Gasteiger partial charge in [-0.1, -0.05) is 11.6 Å². The van der Waals surface area contributed by atoms with Gasteiger partial charge in [0.1, 0.15) is 0 Å². The number of anilines is 2. The summed E-state index contributed by atoms with van der Waals surface area (Å²) in [5.74, 6) is -1.46. The fraction of sp³-hybridized carbons (Fsp3) is 0. The molecule has 0 aliphatic carbocycles. The first kappa shape index (κ1) is 12.3. The van der Waals surface area contributed by atoms with Gasteiger partial charge in [0, 0.05) is 5.69 Å². The molecular weight excluding hydrogens is 261 g/mol. The van der Waals surface area contributed by atoms with Crippen LogP contribution in [0, 0.1) is 5.82 Å². The number of hydrogen-bond donors (Lipinski definition) is 2. The van der Waals surface area contributed by atoms with Crippen molar-refractivity contribution < 1.29 is 14.3 Å². The second-order valence-electron chi connectivity index (χ2n) is 3.35. The van der Waals surface area contributed by atoms with Crippen LogP contribution in [-0.2, 0) is 0 Å². The molecule has 18 heavy (non-hydrogen) atoms. The highest BCUT2D eigenvalue weighted by Crippen LogP contribution is 2.22. The Morgan fingerprint density at radius 3 is 2.56 bits per heavy atom. The molecule has 2 rings (SSSR count). The van der Waals surface area contributed by atoms with Crippen molar-refractivity contribution >= 4 is 29.2 Å². The molecule has 1 aromatic heterocycles. The fourth-order valence-corrected chi connectivity index (χ4v) is 1.53. The number of carboxylic acids is 1. The number of carbonyl (C=O) groups is 1. The van der Waals surface area contributed by atoms with Crippen LogP contribution in [0.2, 0.25) is 5.02 Å². The van der Waals surface area contributed by atoms with Gasteiger partial charge in [-0.25, -0.2) is 19.2 Å². The first-order valence-corrected chi connectivity index (χ1v) is 5.21. The molecule has 0 unspecified atom stereocenters. The topological polar surface area (TPSA) is 75.1 Å². The van der Waals surface area contributed by atoms with Gasteiger partial charge in [0.15, 0.2) is 5.82 Å². The standard InChI is InChI=1S/C11H7ClFN3O2/c12-9-3-7(1-2-8(9)10(17)18)16-11-14-4-6(13)5-15-11/h1-5H,(H,17,18)(H,14,15,16). The van der Waals surface area contributed by atoms with E-state index in [1.54, 1.807) is 0 Å². The zero-order valence-corrected chi connectivity index (χ0v) is 9.65. The second-order valence-corrected chi connectivity index (χ2v) is 3.76. The minimum atomic E-state index is -1.11. The van der Waals surface area contributed by atoms with E-state index in [0.29, 0.717) is 5.69 Å². The van der Waals surface area contributed by atoms with Crippen LogP contribution in [0.25, 0.3) is 0 Å². The Balaban J connectivity index is 2.22. The van der Waals surface area contributed by atoms with Crippen molar-refractivity contribution in [1.82, 2.24) is 9.97 Å². The van der Waals surface area contributed by atoms with Gasteiger partial charge in [-0.3, -0.25) is 0 Å². The zero-order valence-electron chi connectivity index (χ0n) is 8.89. The van der Waals surface area contributed by atoms with E-state index in [1.165, 1.54) is 18.2 Å². The van der Waals surface area contributed by atoms with Gasteiger partial charge in [-0.2, -0.15) is 0 Å². The van der Waals surface area contributed by atoms with Crippen LogP contribution in [0.15, 0.2) is 30.6 Å². The van der Waals surface area contributed by atoms with Crippen molar-refractivity contribution in [1.29, 1.82) is 0 Å². The monoisotopic (exact) mass is 267 g/mol. The number of aromatic nitrogens is 2. The highest BCUT2D eigenvalue weighted by atomic mass is 35.5. The first-order valence-electron chi connectivity index (χ1n) is 4.83. The van der Waals surface area contributed by atoms with E-state index in [9.17, 15) is 9.18 Å². The number of nitrogens with one attached hydrogen (secondary N) is 1. The van der Waals surface area contributed by atoms with E-state index < -0.39 is 11.8 Å². The number of rotatable bonds is 3. The molecule has 7 heteroatoms. The molecule has 5 nitrogen and oxygen atoms in total. The Labute approximate surface area is 106 Å². The lowest BCUT2D eigenvalue weighted by molar-refractivity contribution is 0.0697. The minimum Gasteiger partial charge on any atom is -0.478 e. The van der Waals surface area contributed by atoms with E-state index in [-0.39, 0.29) is 16.5 Å². The molecule has 1 aromatic carbocycles. The third kappa shape index (κ3) is 2.72. The fourth-order valence-electron chi connectivity index (χ4n) is 1.27. The summed E-state index contributed by atoms with van der Waals surface area (Å²) in [6, 6.07) is 4.30. The molecule has 0 atom stereocenters. The molecule has 0 aliphatic rings. The molecule has 1 heterocycles. The van der Waals surface area contributed by atoms with Gasteiger partial charge in [-0.05, 0) is 18.2 Å². The summed E-state index contributed by atoms with van der Waals surface area (Å²) in [5, 5.41) is 11.7. The zero-order chi connectivity index (χ0) is 13.1. The maximum atomic E-state index is 12.6. The van der Waals surface area contributed by atoms with Gasteiger partial charge in [0.05, 0.1) is 23.0 Å². The van der Waals surface area contributed by atoms with Crippen molar-refractivity contribution in [3.8, 4) is 0 Å². The lowest BCUT2D eigenvalue weighted by atomic mass is 10.2. The van der Waals surface area contributed by atoms with E-state index >= 15 is 0 Å². The lowest BCUT2D eigenvalue weighted by Gasteiger charge is -2.06. The van der Waals surface area contributed by atoms with Gasteiger partial charge in [0.25, 0.3) is 0 Å². The number of benzene rings is 1. The molecule has 2 aromatic rings. The number of halogens is 2. The molecule has 92 valence electrons. The Bertz CT molecular complexity index is 589. The summed E-state index contributed by atoms with van der Waals surface area (Å²) in [6.45, 7) is 0. The third-order valence-corrected chi connectivity index (χ3v) is 2.39. The normalized spacial score (nSPS) is 10.1. The lowest BCUT2D eigenvalue weighted by Crippen LogP contribution is -2.00. The smallest absolute Gasteiger partial charge is 0.337 e. The van der Waals surface area contributed by atoms with Crippen LogP contribution >= 0.6 is 11.6 Å². The average Bonchev–Trinajstić information content (AvgIpc) is 2.32. The Hall–Kier alpha value is -2.21. The number of hydrogen-bond acceptors (Lipinski definition) is 4. The predicted molar refractivity (Wildman–Crippen MR) is 63.7 cm³/mol. The van der Waals surface area contributed by atoms with Crippen LogP contribution < -0.4 is 5.32 Å². The summed E-state index contributed by atoms with van der Waals surface area (Å²) >= 11 is 5.79. The van der Waals surface area contributed by atoms with Crippen LogP contribution in [0.5, 0.6) is 0 Å². The first-order chi connectivity index (χ1) is 8.56. The second kappa shape index (κ2) is 4.97. The van der Waals surface area contributed by atoms with Crippen molar-refractivity contribution in [2.45, 2.75) is 0 Å². The summed E-state index contributed by atoms with van der Waals surface area (Å²) in [7, 11) is 0. The van der Waals surface area contributed by atoms with E-state index in [2.05, 4.69) is 15.3 Å². The molecular formula is C11H7ClFN3O2. The van der Waals surface area contributed by atoms with E-state index in [4.69, 9.17) is 16.7 Å². The minimum absolute atomic E-state index is 0.00208. The SMILES string of the molecule is O=C(O)c1ccc(Nc2ncc(F)cn2)cc1Cl. The highest BCUT2D eigenvalue weighted by molar-refractivity contribution is 6.33. The number of aromatic carboxylic acids is 1. The predicted octanol–water partition coefficient (Wildman–Crippen LogP) is 2.71. The van der Waals surface area contributed by atoms with E-state index in [0.717, 1.165) is 12.4 Å². The van der Waals surface area contributed by atoms with Gasteiger partial charge < -0.3 is 10.4 Å². The van der Waals surface area contributed by atoms with Crippen molar-refractivity contribution in [2.24, 2.45) is 0 Å². The Kier molecular flexibility index (Phi) is 3.38.